The molecule has 0 spiro atoms. The molecule has 6 nitrogen and oxygen atoms in total. The van der Waals surface area contributed by atoms with Crippen LogP contribution in [0.25, 0.3) is 10.9 Å². The fourth-order valence-corrected chi connectivity index (χ4v) is 4.32. The zero-order valence-electron chi connectivity index (χ0n) is 15.1. The average Bonchev–Trinajstić information content (AvgIpc) is 2.89. The van der Waals surface area contributed by atoms with E-state index in [1.807, 2.05) is 33.8 Å². The number of aromatic nitrogens is 2. The smallest absolute Gasteiger partial charge is 0.407 e. The quantitative estimate of drug-likeness (QED) is 0.782. The van der Waals surface area contributed by atoms with Gasteiger partial charge in [0.15, 0.2) is 0 Å². The molecule has 4 atom stereocenters. The summed E-state index contributed by atoms with van der Waals surface area (Å²) in [5.41, 5.74) is 1.65. The standard InChI is InChI=1S/C19H25N3O3/c1-10-5-14(13-9-20-22-15(13)6-10)19(24)7-11-12(8-19)16(11)21-17(23)25-18(2,3)4/h5-6,9,11-12,16,24H,7-8H2,1-4H3,(H,20,22)(H,21,23)/t11-,12+,16?,19?. The second-order valence-electron chi connectivity index (χ2n) is 8.58. The lowest BCUT2D eigenvalue weighted by Crippen LogP contribution is -2.37. The summed E-state index contributed by atoms with van der Waals surface area (Å²) in [5, 5.41) is 22.3. The van der Waals surface area contributed by atoms with Crippen molar-refractivity contribution in [2.24, 2.45) is 11.8 Å². The van der Waals surface area contributed by atoms with Gasteiger partial charge in [0.2, 0.25) is 0 Å². The highest BCUT2D eigenvalue weighted by atomic mass is 16.6. The monoisotopic (exact) mass is 343 g/mol. The first-order valence-electron chi connectivity index (χ1n) is 8.82. The number of carbonyl (C=O) groups is 1. The molecule has 4 rings (SSSR count). The predicted molar refractivity (Wildman–Crippen MR) is 94.1 cm³/mol. The van der Waals surface area contributed by atoms with Crippen LogP contribution < -0.4 is 5.32 Å². The predicted octanol–water partition coefficient (Wildman–Crippen LogP) is 2.99. The summed E-state index contributed by atoms with van der Waals surface area (Å²) in [6.07, 6.45) is 2.72. The molecule has 2 aliphatic carbocycles. The highest BCUT2D eigenvalue weighted by molar-refractivity contribution is 5.83. The molecule has 0 bridgehead atoms. The highest BCUT2D eigenvalue weighted by Gasteiger charge is 2.62. The first-order valence-corrected chi connectivity index (χ1v) is 8.82. The van der Waals surface area contributed by atoms with Crippen LogP contribution in [-0.2, 0) is 10.3 Å². The molecule has 1 aromatic heterocycles. The number of nitrogens with one attached hydrogen (secondary N) is 2. The number of aliphatic hydroxyl groups is 1. The number of amides is 1. The number of nitrogens with zero attached hydrogens (tertiary/aromatic N) is 1. The Labute approximate surface area is 146 Å². The maximum atomic E-state index is 11.9. The molecule has 1 aromatic carbocycles. The molecule has 0 saturated heterocycles. The largest absolute Gasteiger partial charge is 0.444 e. The molecule has 2 aromatic rings. The molecule has 0 radical (unpaired) electrons. The minimum atomic E-state index is -0.852. The van der Waals surface area contributed by atoms with E-state index in [4.69, 9.17) is 4.74 Å². The molecule has 1 heterocycles. The first kappa shape index (κ1) is 16.4. The zero-order valence-corrected chi connectivity index (χ0v) is 15.1. The number of aryl methyl sites for hydroxylation is 1. The molecule has 2 unspecified atom stereocenters. The number of alkyl carbamates (subject to hydrolysis) is 1. The van der Waals surface area contributed by atoms with Gasteiger partial charge < -0.3 is 15.2 Å². The second-order valence-corrected chi connectivity index (χ2v) is 8.58. The fourth-order valence-electron chi connectivity index (χ4n) is 4.32. The number of benzene rings is 1. The third kappa shape index (κ3) is 2.88. The van der Waals surface area contributed by atoms with E-state index in [1.165, 1.54) is 0 Å². The van der Waals surface area contributed by atoms with Crippen molar-refractivity contribution in [1.29, 1.82) is 0 Å². The van der Waals surface area contributed by atoms with Gasteiger partial charge in [0.05, 0.1) is 17.3 Å². The fraction of sp³-hybridized carbons (Fsp3) is 0.579. The van der Waals surface area contributed by atoms with Gasteiger partial charge in [-0.1, -0.05) is 6.07 Å². The van der Waals surface area contributed by atoms with E-state index in [1.54, 1.807) is 6.20 Å². The van der Waals surface area contributed by atoms with Crippen molar-refractivity contribution in [3.8, 4) is 0 Å². The third-order valence-corrected chi connectivity index (χ3v) is 5.37. The van der Waals surface area contributed by atoms with Crippen molar-refractivity contribution in [3.63, 3.8) is 0 Å². The second kappa shape index (κ2) is 5.21. The zero-order chi connectivity index (χ0) is 18.0. The Morgan fingerprint density at radius 3 is 2.68 bits per heavy atom. The minimum absolute atomic E-state index is 0.111. The van der Waals surface area contributed by atoms with Crippen LogP contribution in [0.1, 0.15) is 44.7 Å². The van der Waals surface area contributed by atoms with Gasteiger partial charge in [-0.05, 0) is 69.6 Å². The van der Waals surface area contributed by atoms with E-state index < -0.39 is 11.2 Å². The number of hydrogen-bond donors (Lipinski definition) is 3. The van der Waals surface area contributed by atoms with Gasteiger partial charge in [0.1, 0.15) is 5.60 Å². The topological polar surface area (TPSA) is 87.2 Å². The summed E-state index contributed by atoms with van der Waals surface area (Å²) in [6, 6.07) is 4.20. The number of rotatable bonds is 2. The molecule has 3 N–H and O–H groups in total. The number of carbonyl (C=O) groups excluding carboxylic acids is 1. The molecule has 6 heteroatoms. The van der Waals surface area contributed by atoms with E-state index in [-0.39, 0.29) is 12.1 Å². The SMILES string of the molecule is Cc1cc(C2(O)C[C@@H]3C(NC(=O)OC(C)(C)C)[C@@H]3C2)c2cn[nH]c2c1. The lowest BCUT2D eigenvalue weighted by atomic mass is 9.85. The molecule has 0 aliphatic heterocycles. The van der Waals surface area contributed by atoms with Crippen molar-refractivity contribution in [2.45, 2.75) is 57.8 Å². The lowest BCUT2D eigenvalue weighted by molar-refractivity contribution is 0.0260. The summed E-state index contributed by atoms with van der Waals surface area (Å²) in [6.45, 7) is 7.59. The molecular weight excluding hydrogens is 318 g/mol. The van der Waals surface area contributed by atoms with Crippen LogP contribution in [0.15, 0.2) is 18.3 Å². The minimum Gasteiger partial charge on any atom is -0.444 e. The Kier molecular flexibility index (Phi) is 3.41. The molecule has 2 aliphatic rings. The maximum absolute atomic E-state index is 11.9. The number of ether oxygens (including phenoxy) is 1. The van der Waals surface area contributed by atoms with E-state index in [0.717, 1.165) is 22.0 Å². The van der Waals surface area contributed by atoms with Crippen LogP contribution >= 0.6 is 0 Å². The first-order chi connectivity index (χ1) is 11.7. The van der Waals surface area contributed by atoms with Crippen molar-refractivity contribution in [2.75, 3.05) is 0 Å². The molecular formula is C19H25N3O3. The van der Waals surface area contributed by atoms with Gasteiger partial charge in [-0.25, -0.2) is 4.79 Å². The molecule has 134 valence electrons. The lowest BCUT2D eigenvalue weighted by Gasteiger charge is -2.28. The van der Waals surface area contributed by atoms with Crippen LogP contribution in [-0.4, -0.2) is 33.0 Å². The normalized spacial score (nSPS) is 31.0. The Hall–Kier alpha value is -2.08. The van der Waals surface area contributed by atoms with Crippen LogP contribution in [0.4, 0.5) is 4.79 Å². The molecule has 2 fully saturated rings. The summed E-state index contributed by atoms with van der Waals surface area (Å²) in [4.78, 5) is 11.9. The Morgan fingerprint density at radius 1 is 1.36 bits per heavy atom. The highest BCUT2D eigenvalue weighted by Crippen LogP contribution is 2.60. The average molecular weight is 343 g/mol. The summed E-state index contributed by atoms with van der Waals surface area (Å²) in [7, 11) is 0. The van der Waals surface area contributed by atoms with E-state index in [9.17, 15) is 9.90 Å². The van der Waals surface area contributed by atoms with E-state index >= 15 is 0 Å². The molecule has 2 saturated carbocycles. The van der Waals surface area contributed by atoms with Crippen LogP contribution in [0.5, 0.6) is 0 Å². The van der Waals surface area contributed by atoms with Gasteiger partial charge in [-0.15, -0.1) is 0 Å². The van der Waals surface area contributed by atoms with Crippen molar-refractivity contribution in [3.05, 3.63) is 29.5 Å². The number of aromatic amines is 1. The molecule has 25 heavy (non-hydrogen) atoms. The van der Waals surface area contributed by atoms with Gasteiger partial charge >= 0.3 is 6.09 Å². The van der Waals surface area contributed by atoms with Gasteiger partial charge in [-0.3, -0.25) is 5.10 Å². The number of hydrogen-bond acceptors (Lipinski definition) is 4. The van der Waals surface area contributed by atoms with Gasteiger partial charge in [0, 0.05) is 11.4 Å². The Morgan fingerprint density at radius 2 is 2.04 bits per heavy atom. The summed E-state index contributed by atoms with van der Waals surface area (Å²) < 4.78 is 5.33. The van der Waals surface area contributed by atoms with Crippen molar-refractivity contribution < 1.29 is 14.6 Å². The van der Waals surface area contributed by atoms with Crippen LogP contribution in [0, 0.1) is 18.8 Å². The summed E-state index contributed by atoms with van der Waals surface area (Å²) in [5.74, 6) is 0.611. The number of fused-ring (bicyclic) bond motifs is 2. The Balaban J connectivity index is 1.48. The number of H-pyrrole nitrogens is 1. The van der Waals surface area contributed by atoms with Gasteiger partial charge in [0.25, 0.3) is 0 Å². The van der Waals surface area contributed by atoms with Crippen LogP contribution in [0.2, 0.25) is 0 Å². The maximum Gasteiger partial charge on any atom is 0.407 e. The van der Waals surface area contributed by atoms with E-state index in [2.05, 4.69) is 21.6 Å². The van der Waals surface area contributed by atoms with Crippen molar-refractivity contribution in [1.82, 2.24) is 15.5 Å². The third-order valence-electron chi connectivity index (χ3n) is 5.37. The molecule has 1 amide bonds. The van der Waals surface area contributed by atoms with Crippen molar-refractivity contribution >= 4 is 17.0 Å². The van der Waals surface area contributed by atoms with E-state index in [0.29, 0.717) is 24.7 Å². The van der Waals surface area contributed by atoms with Crippen LogP contribution in [0.3, 0.4) is 0 Å². The van der Waals surface area contributed by atoms with Gasteiger partial charge in [-0.2, -0.15) is 5.10 Å². The summed E-state index contributed by atoms with van der Waals surface area (Å²) >= 11 is 0. The Bertz CT molecular complexity index is 824.